The van der Waals surface area contributed by atoms with Crippen molar-refractivity contribution in [1.82, 2.24) is 0 Å². The van der Waals surface area contributed by atoms with Crippen molar-refractivity contribution in [3.8, 4) is 11.5 Å². The van der Waals surface area contributed by atoms with Crippen molar-refractivity contribution in [2.45, 2.75) is 90.9 Å². The molecule has 0 saturated heterocycles. The number of carbonyl (C=O) groups is 1. The summed E-state index contributed by atoms with van der Waals surface area (Å²) in [6, 6.07) is 3.27. The molecular weight excluding hydrogens is 336 g/mol. The number of hydrogen-bond donors (Lipinski definition) is 1. The van der Waals surface area contributed by atoms with Gasteiger partial charge >= 0.3 is 0 Å². The second-order valence-electron chi connectivity index (χ2n) is 7.44. The number of rotatable bonds is 16. The third kappa shape index (κ3) is 9.65. The molecule has 0 unspecified atom stereocenters. The molecule has 1 aromatic carbocycles. The lowest BCUT2D eigenvalue weighted by molar-refractivity contribution is 0.0976. The molecule has 0 bridgehead atoms. The lowest BCUT2D eigenvalue weighted by Crippen LogP contribution is -2.03. The van der Waals surface area contributed by atoms with Gasteiger partial charge in [0.15, 0.2) is 5.78 Å². The number of ether oxygens (including phenoxy) is 1. The highest BCUT2D eigenvalue weighted by Crippen LogP contribution is 2.29. The van der Waals surface area contributed by atoms with Crippen molar-refractivity contribution in [2.75, 3.05) is 6.61 Å². The summed E-state index contributed by atoms with van der Waals surface area (Å²) in [6.45, 7) is 8.13. The van der Waals surface area contributed by atoms with E-state index in [0.29, 0.717) is 24.3 Å². The number of ketones is 1. The molecule has 3 nitrogen and oxygen atoms in total. The molecule has 152 valence electrons. The number of aromatic hydroxyl groups is 1. The van der Waals surface area contributed by atoms with Crippen LogP contribution in [0.2, 0.25) is 0 Å². The van der Waals surface area contributed by atoms with Crippen LogP contribution in [0.15, 0.2) is 24.8 Å². The van der Waals surface area contributed by atoms with Crippen molar-refractivity contribution < 1.29 is 14.6 Å². The van der Waals surface area contributed by atoms with Crippen LogP contribution in [0.25, 0.3) is 0 Å². The van der Waals surface area contributed by atoms with Crippen molar-refractivity contribution in [1.29, 1.82) is 0 Å². The maximum atomic E-state index is 12.4. The second kappa shape index (κ2) is 14.3. The molecule has 1 rings (SSSR count). The number of benzene rings is 1. The summed E-state index contributed by atoms with van der Waals surface area (Å²) in [7, 11) is 0. The zero-order chi connectivity index (χ0) is 19.9. The molecule has 0 aliphatic carbocycles. The van der Waals surface area contributed by atoms with Crippen LogP contribution in [0.5, 0.6) is 11.5 Å². The van der Waals surface area contributed by atoms with Crippen molar-refractivity contribution in [2.24, 2.45) is 0 Å². The number of carbonyl (C=O) groups excluding carboxylic acids is 1. The van der Waals surface area contributed by atoms with Gasteiger partial charge < -0.3 is 9.84 Å². The monoisotopic (exact) mass is 374 g/mol. The van der Waals surface area contributed by atoms with E-state index < -0.39 is 0 Å². The van der Waals surface area contributed by atoms with E-state index in [1.807, 2.05) is 6.92 Å². The third-order valence-corrected chi connectivity index (χ3v) is 4.96. The van der Waals surface area contributed by atoms with Gasteiger partial charge in [-0.25, -0.2) is 0 Å². The molecule has 0 amide bonds. The molecule has 0 radical (unpaired) electrons. The van der Waals surface area contributed by atoms with Crippen LogP contribution in [0, 0.1) is 6.92 Å². The van der Waals surface area contributed by atoms with Gasteiger partial charge in [0.25, 0.3) is 0 Å². The molecule has 3 heteroatoms. The minimum atomic E-state index is -0.00752. The van der Waals surface area contributed by atoms with Gasteiger partial charge in [-0.3, -0.25) is 4.79 Å². The quantitative estimate of drug-likeness (QED) is 0.190. The predicted molar refractivity (Wildman–Crippen MR) is 114 cm³/mol. The van der Waals surface area contributed by atoms with Crippen molar-refractivity contribution in [3.05, 3.63) is 35.9 Å². The molecular formula is C24H38O3. The summed E-state index contributed by atoms with van der Waals surface area (Å²) in [5.74, 6) is 0.674. The van der Waals surface area contributed by atoms with Crippen molar-refractivity contribution in [3.63, 3.8) is 0 Å². The fourth-order valence-corrected chi connectivity index (χ4v) is 3.28. The number of unbranched alkanes of at least 4 members (excludes halogenated alkanes) is 10. The Morgan fingerprint density at radius 2 is 1.56 bits per heavy atom. The fourth-order valence-electron chi connectivity index (χ4n) is 3.28. The Morgan fingerprint density at radius 3 is 2.11 bits per heavy atom. The Kier molecular flexibility index (Phi) is 12.3. The number of phenols is 1. The first-order valence-corrected chi connectivity index (χ1v) is 10.7. The molecule has 0 aliphatic rings. The molecule has 27 heavy (non-hydrogen) atoms. The zero-order valence-corrected chi connectivity index (χ0v) is 17.4. The molecule has 0 aromatic heterocycles. The number of phenolic OH excluding ortho intramolecular Hbond substituents is 1. The van der Waals surface area contributed by atoms with Crippen LogP contribution in [-0.4, -0.2) is 17.5 Å². The van der Waals surface area contributed by atoms with E-state index in [1.165, 1.54) is 57.8 Å². The second-order valence-corrected chi connectivity index (χ2v) is 7.44. The third-order valence-electron chi connectivity index (χ3n) is 4.96. The number of hydrogen-bond acceptors (Lipinski definition) is 3. The summed E-state index contributed by atoms with van der Waals surface area (Å²) in [4.78, 5) is 12.4. The van der Waals surface area contributed by atoms with Gasteiger partial charge in [0.1, 0.15) is 18.1 Å². The van der Waals surface area contributed by atoms with E-state index in [0.717, 1.165) is 18.4 Å². The smallest absolute Gasteiger partial charge is 0.166 e. The van der Waals surface area contributed by atoms with E-state index >= 15 is 0 Å². The van der Waals surface area contributed by atoms with Crippen molar-refractivity contribution >= 4 is 5.78 Å². The summed E-state index contributed by atoms with van der Waals surface area (Å²) >= 11 is 0. The fraction of sp³-hybridized carbons (Fsp3) is 0.625. The lowest BCUT2D eigenvalue weighted by atomic mass is 10.0. The van der Waals surface area contributed by atoms with E-state index in [9.17, 15) is 9.90 Å². The Morgan fingerprint density at radius 1 is 1.00 bits per heavy atom. The van der Waals surface area contributed by atoms with E-state index in [-0.39, 0.29) is 11.5 Å². The average molecular weight is 375 g/mol. The molecule has 1 N–H and O–H groups in total. The minimum Gasteiger partial charge on any atom is -0.507 e. The van der Waals surface area contributed by atoms with Crippen LogP contribution in [0.3, 0.4) is 0 Å². The molecule has 0 heterocycles. The topological polar surface area (TPSA) is 46.5 Å². The normalized spacial score (nSPS) is 10.7. The van der Waals surface area contributed by atoms with Gasteiger partial charge in [-0.1, -0.05) is 83.8 Å². The minimum absolute atomic E-state index is 0.00752. The standard InChI is InChI=1S/C24H38O3/c1-4-6-7-8-9-10-11-12-13-14-15-16-22(25)21-19-24(27-17-5-2)20(3)18-23(21)26/h5,18-19,26H,2,4,6-17H2,1,3H3. The van der Waals surface area contributed by atoms with Gasteiger partial charge in [0.2, 0.25) is 0 Å². The summed E-state index contributed by atoms with van der Waals surface area (Å²) in [6.07, 6.45) is 16.0. The van der Waals surface area contributed by atoms with E-state index in [4.69, 9.17) is 4.74 Å². The highest BCUT2D eigenvalue weighted by Gasteiger charge is 2.14. The number of Topliss-reactive ketones (excluding diaryl/α,β-unsaturated/α-hetero) is 1. The Hall–Kier alpha value is -1.77. The maximum Gasteiger partial charge on any atom is 0.166 e. The van der Waals surface area contributed by atoms with Crippen LogP contribution in [0.1, 0.15) is 99.9 Å². The molecule has 0 atom stereocenters. The van der Waals surface area contributed by atoms with Crippen LogP contribution < -0.4 is 4.74 Å². The largest absolute Gasteiger partial charge is 0.507 e. The first-order chi connectivity index (χ1) is 13.1. The highest BCUT2D eigenvalue weighted by atomic mass is 16.5. The summed E-state index contributed by atoms with van der Waals surface area (Å²) < 4.78 is 5.56. The van der Waals surface area contributed by atoms with Gasteiger partial charge in [-0.05, 0) is 31.0 Å². The molecule has 0 aliphatic heterocycles. The Bertz CT molecular complexity index is 563. The highest BCUT2D eigenvalue weighted by molar-refractivity contribution is 5.99. The first-order valence-electron chi connectivity index (χ1n) is 10.7. The first kappa shape index (κ1) is 23.3. The average Bonchev–Trinajstić information content (AvgIpc) is 2.65. The van der Waals surface area contributed by atoms with Gasteiger partial charge in [0.05, 0.1) is 5.56 Å². The predicted octanol–water partition coefficient (Wildman–Crippen LogP) is 7.15. The molecule has 0 fully saturated rings. The van der Waals surface area contributed by atoms with E-state index in [1.54, 1.807) is 18.2 Å². The summed E-state index contributed by atoms with van der Waals surface area (Å²) in [5.41, 5.74) is 1.19. The number of aryl methyl sites for hydroxylation is 1. The van der Waals surface area contributed by atoms with Gasteiger partial charge in [-0.15, -0.1) is 0 Å². The Labute approximate surface area is 165 Å². The molecule has 1 aromatic rings. The molecule has 0 saturated carbocycles. The Balaban J connectivity index is 2.24. The SMILES string of the molecule is C=CCOc1cc(C(=O)CCCCCCCCCCCCC)c(O)cc1C. The summed E-state index contributed by atoms with van der Waals surface area (Å²) in [5, 5.41) is 10.1. The van der Waals surface area contributed by atoms with Gasteiger partial charge in [0, 0.05) is 6.42 Å². The van der Waals surface area contributed by atoms with Gasteiger partial charge in [-0.2, -0.15) is 0 Å². The maximum absolute atomic E-state index is 12.4. The molecule has 0 spiro atoms. The van der Waals surface area contributed by atoms with Crippen LogP contribution >= 0.6 is 0 Å². The van der Waals surface area contributed by atoms with Crippen LogP contribution in [0.4, 0.5) is 0 Å². The lowest BCUT2D eigenvalue weighted by Gasteiger charge is -2.11. The van der Waals surface area contributed by atoms with E-state index in [2.05, 4.69) is 13.5 Å². The zero-order valence-electron chi connectivity index (χ0n) is 17.4. The van der Waals surface area contributed by atoms with Crippen LogP contribution in [-0.2, 0) is 0 Å².